The summed E-state index contributed by atoms with van der Waals surface area (Å²) in [5.41, 5.74) is 1.37. The standard InChI is InChI=1S/C17H14Br2F3NOS/c1-9-6-15(10(2)5-14(9)19)25-8-16(24)23-11-3-4-13(18)12(7-11)17(20,21)22/h3-7H,8H2,1-2H3,(H,23,24). The summed E-state index contributed by atoms with van der Waals surface area (Å²) in [6, 6.07) is 7.56. The van der Waals surface area contributed by atoms with Crippen molar-refractivity contribution in [2.45, 2.75) is 24.9 Å². The number of thioether (sulfide) groups is 1. The SMILES string of the molecule is Cc1cc(SCC(=O)Nc2ccc(Br)c(C(F)(F)F)c2)c(C)cc1Br. The molecule has 0 radical (unpaired) electrons. The third-order valence-electron chi connectivity index (χ3n) is 3.37. The lowest BCUT2D eigenvalue weighted by Crippen LogP contribution is -2.15. The van der Waals surface area contributed by atoms with Crippen LogP contribution in [0.25, 0.3) is 0 Å². The molecule has 0 aromatic heterocycles. The molecule has 134 valence electrons. The van der Waals surface area contributed by atoms with E-state index in [1.807, 2.05) is 26.0 Å². The number of benzene rings is 2. The molecule has 0 bridgehead atoms. The van der Waals surface area contributed by atoms with Crippen molar-refractivity contribution in [2.24, 2.45) is 0 Å². The van der Waals surface area contributed by atoms with Gasteiger partial charge >= 0.3 is 6.18 Å². The Morgan fingerprint density at radius 1 is 1.08 bits per heavy atom. The Morgan fingerprint density at radius 2 is 1.76 bits per heavy atom. The van der Waals surface area contributed by atoms with E-state index in [4.69, 9.17) is 0 Å². The van der Waals surface area contributed by atoms with E-state index >= 15 is 0 Å². The van der Waals surface area contributed by atoms with Crippen LogP contribution in [0, 0.1) is 13.8 Å². The minimum Gasteiger partial charge on any atom is -0.325 e. The average molecular weight is 497 g/mol. The molecule has 8 heteroatoms. The first-order valence-corrected chi connectivity index (χ1v) is 9.71. The van der Waals surface area contributed by atoms with Crippen molar-refractivity contribution in [3.05, 3.63) is 56.0 Å². The Hall–Kier alpha value is -0.990. The van der Waals surface area contributed by atoms with Crippen molar-refractivity contribution in [3.63, 3.8) is 0 Å². The average Bonchev–Trinajstić information content (AvgIpc) is 2.50. The van der Waals surface area contributed by atoms with E-state index in [9.17, 15) is 18.0 Å². The molecule has 0 aliphatic heterocycles. The largest absolute Gasteiger partial charge is 0.417 e. The second-order valence-electron chi connectivity index (χ2n) is 5.40. The molecule has 25 heavy (non-hydrogen) atoms. The van der Waals surface area contributed by atoms with Gasteiger partial charge in [0.15, 0.2) is 0 Å². The van der Waals surface area contributed by atoms with Gasteiger partial charge < -0.3 is 5.32 Å². The van der Waals surface area contributed by atoms with Crippen molar-refractivity contribution in [1.29, 1.82) is 0 Å². The maximum atomic E-state index is 12.9. The first-order chi connectivity index (χ1) is 11.6. The summed E-state index contributed by atoms with van der Waals surface area (Å²) in [6.45, 7) is 3.89. The molecule has 1 amide bonds. The number of hydrogen-bond acceptors (Lipinski definition) is 2. The minimum absolute atomic E-state index is 0.0617. The predicted octanol–water partition coefficient (Wildman–Crippen LogP) is 6.58. The number of alkyl halides is 3. The number of hydrogen-bond donors (Lipinski definition) is 1. The molecule has 2 rings (SSSR count). The number of rotatable bonds is 4. The molecule has 0 aliphatic carbocycles. The van der Waals surface area contributed by atoms with Crippen LogP contribution in [0.3, 0.4) is 0 Å². The lowest BCUT2D eigenvalue weighted by atomic mass is 10.2. The number of halogens is 5. The summed E-state index contributed by atoms with van der Waals surface area (Å²) in [7, 11) is 0. The van der Waals surface area contributed by atoms with E-state index in [1.54, 1.807) is 0 Å². The zero-order chi connectivity index (χ0) is 18.8. The highest BCUT2D eigenvalue weighted by molar-refractivity contribution is 9.10. The van der Waals surface area contributed by atoms with Crippen LogP contribution in [0.15, 0.2) is 44.2 Å². The van der Waals surface area contributed by atoms with Crippen LogP contribution in [0.2, 0.25) is 0 Å². The van der Waals surface area contributed by atoms with Crippen LogP contribution in [0.5, 0.6) is 0 Å². The van der Waals surface area contributed by atoms with Crippen LogP contribution in [-0.2, 0) is 11.0 Å². The molecule has 0 unspecified atom stereocenters. The zero-order valence-corrected chi connectivity index (χ0v) is 17.3. The monoisotopic (exact) mass is 495 g/mol. The molecule has 2 aromatic carbocycles. The minimum atomic E-state index is -4.49. The summed E-state index contributed by atoms with van der Waals surface area (Å²) >= 11 is 7.67. The number of amides is 1. The first-order valence-electron chi connectivity index (χ1n) is 7.14. The normalized spacial score (nSPS) is 11.5. The lowest BCUT2D eigenvalue weighted by molar-refractivity contribution is -0.138. The number of nitrogens with one attached hydrogen (secondary N) is 1. The van der Waals surface area contributed by atoms with Gasteiger partial charge in [-0.05, 0) is 55.3 Å². The molecular weight excluding hydrogens is 483 g/mol. The number of carbonyl (C=O) groups excluding carboxylic acids is 1. The van der Waals surface area contributed by atoms with Gasteiger partial charge in [0.2, 0.25) is 5.91 Å². The smallest absolute Gasteiger partial charge is 0.325 e. The second kappa shape index (κ2) is 8.14. The Labute approximate surface area is 164 Å². The Balaban J connectivity index is 2.05. The molecule has 0 fully saturated rings. The maximum absolute atomic E-state index is 12.9. The zero-order valence-electron chi connectivity index (χ0n) is 13.3. The summed E-state index contributed by atoms with van der Waals surface area (Å²) in [5, 5.41) is 2.51. The molecule has 0 atom stereocenters. The quantitative estimate of drug-likeness (QED) is 0.484. The van der Waals surface area contributed by atoms with Gasteiger partial charge in [-0.3, -0.25) is 4.79 Å². The van der Waals surface area contributed by atoms with Gasteiger partial charge in [0.25, 0.3) is 0 Å². The van der Waals surface area contributed by atoms with Gasteiger partial charge in [0.05, 0.1) is 11.3 Å². The predicted molar refractivity (Wildman–Crippen MR) is 102 cm³/mol. The van der Waals surface area contributed by atoms with Gasteiger partial charge in [-0.25, -0.2) is 0 Å². The van der Waals surface area contributed by atoms with Gasteiger partial charge in [0.1, 0.15) is 0 Å². The molecule has 0 aliphatic rings. The van der Waals surface area contributed by atoms with Crippen LogP contribution >= 0.6 is 43.6 Å². The van der Waals surface area contributed by atoms with Gasteiger partial charge in [0, 0.05) is 19.5 Å². The number of carbonyl (C=O) groups is 1. The summed E-state index contributed by atoms with van der Waals surface area (Å²) in [5.74, 6) is -0.250. The Bertz CT molecular complexity index is 809. The van der Waals surface area contributed by atoms with E-state index in [1.165, 1.54) is 23.9 Å². The Morgan fingerprint density at radius 3 is 2.40 bits per heavy atom. The maximum Gasteiger partial charge on any atom is 0.417 e. The fourth-order valence-electron chi connectivity index (χ4n) is 2.07. The van der Waals surface area contributed by atoms with Crippen molar-refractivity contribution in [3.8, 4) is 0 Å². The van der Waals surface area contributed by atoms with E-state index < -0.39 is 11.7 Å². The fourth-order valence-corrected chi connectivity index (χ4v) is 3.91. The highest BCUT2D eigenvalue weighted by Gasteiger charge is 2.33. The van der Waals surface area contributed by atoms with Crippen LogP contribution in [-0.4, -0.2) is 11.7 Å². The molecule has 1 N–H and O–H groups in total. The van der Waals surface area contributed by atoms with Crippen LogP contribution in [0.1, 0.15) is 16.7 Å². The van der Waals surface area contributed by atoms with E-state index in [0.717, 1.165) is 26.6 Å². The van der Waals surface area contributed by atoms with Crippen LogP contribution in [0.4, 0.5) is 18.9 Å². The third kappa shape index (κ3) is 5.49. The molecule has 2 aromatic rings. The highest BCUT2D eigenvalue weighted by Crippen LogP contribution is 2.36. The van der Waals surface area contributed by atoms with E-state index in [0.29, 0.717) is 0 Å². The van der Waals surface area contributed by atoms with E-state index in [2.05, 4.69) is 37.2 Å². The highest BCUT2D eigenvalue weighted by atomic mass is 79.9. The van der Waals surface area contributed by atoms with Crippen LogP contribution < -0.4 is 5.32 Å². The molecule has 0 saturated heterocycles. The Kier molecular flexibility index (Phi) is 6.62. The first kappa shape index (κ1) is 20.3. The van der Waals surface area contributed by atoms with Gasteiger partial charge in [-0.2, -0.15) is 13.2 Å². The topological polar surface area (TPSA) is 29.1 Å². The third-order valence-corrected chi connectivity index (χ3v) is 6.07. The summed E-state index contributed by atoms with van der Waals surface area (Å²) in [4.78, 5) is 13.0. The van der Waals surface area contributed by atoms with E-state index in [-0.39, 0.29) is 21.8 Å². The molecule has 0 heterocycles. The van der Waals surface area contributed by atoms with Crippen molar-refractivity contribution < 1.29 is 18.0 Å². The van der Waals surface area contributed by atoms with Gasteiger partial charge in [-0.1, -0.05) is 31.9 Å². The van der Waals surface area contributed by atoms with Crippen molar-refractivity contribution >= 4 is 55.2 Å². The number of aryl methyl sites for hydroxylation is 2. The molecule has 2 nitrogen and oxygen atoms in total. The molecule has 0 saturated carbocycles. The van der Waals surface area contributed by atoms with Gasteiger partial charge in [-0.15, -0.1) is 11.8 Å². The summed E-state index contributed by atoms with van der Waals surface area (Å²) in [6.07, 6.45) is -4.49. The number of anilines is 1. The molecular formula is C17H14Br2F3NOS. The second-order valence-corrected chi connectivity index (χ2v) is 8.12. The fraction of sp³-hybridized carbons (Fsp3) is 0.235. The lowest BCUT2D eigenvalue weighted by Gasteiger charge is -2.12. The van der Waals surface area contributed by atoms with Crippen molar-refractivity contribution in [2.75, 3.05) is 11.1 Å². The summed E-state index contributed by atoms with van der Waals surface area (Å²) < 4.78 is 39.6. The van der Waals surface area contributed by atoms with Crippen molar-refractivity contribution in [1.82, 2.24) is 0 Å². The molecule has 0 spiro atoms.